The Morgan fingerprint density at radius 1 is 1.08 bits per heavy atom. The number of fused-ring (bicyclic) bond motifs is 1. The number of anilines is 1. The van der Waals surface area contributed by atoms with Crippen molar-refractivity contribution in [1.29, 1.82) is 0 Å². The number of hydrogen-bond donors (Lipinski definition) is 0. The Morgan fingerprint density at radius 3 is 2.46 bits per heavy atom. The van der Waals surface area contributed by atoms with Crippen LogP contribution in [0.5, 0.6) is 5.88 Å². The van der Waals surface area contributed by atoms with Crippen molar-refractivity contribution in [2.75, 3.05) is 38.3 Å². The summed E-state index contributed by atoms with van der Waals surface area (Å²) in [6, 6.07) is 2.00. The van der Waals surface area contributed by atoms with Crippen LogP contribution in [-0.2, 0) is 11.2 Å². The summed E-state index contributed by atoms with van der Waals surface area (Å²) in [5, 5.41) is 0.896. The molecule has 1 aliphatic heterocycles. The molecular formula is C20H34N4O2. The number of methoxy groups -OCH3 is 1. The maximum absolute atomic E-state index is 5.56. The zero-order valence-corrected chi connectivity index (χ0v) is 17.4. The second kappa shape index (κ2) is 11.6. The molecule has 0 amide bonds. The van der Waals surface area contributed by atoms with Crippen LogP contribution in [-0.4, -0.2) is 48.4 Å². The largest absolute Gasteiger partial charge is 0.480 e. The van der Waals surface area contributed by atoms with Crippen molar-refractivity contribution in [3.05, 3.63) is 17.6 Å². The Balaban J connectivity index is 0.000000791. The summed E-state index contributed by atoms with van der Waals surface area (Å²) < 4.78 is 11.1. The van der Waals surface area contributed by atoms with Crippen molar-refractivity contribution in [3.8, 4) is 5.88 Å². The van der Waals surface area contributed by atoms with E-state index in [1.54, 1.807) is 7.11 Å². The standard InChI is InChI=1S/C16H22N4O2.2C2H6/c1-4-13-18-12-10-11(2)17-16(21-3)14(12)15(19-13)20-6-5-8-22-9-7-20;2*1-2/h10H,4-9H2,1-3H3;2*1-2H3. The second-order valence-electron chi connectivity index (χ2n) is 5.44. The van der Waals surface area contributed by atoms with Crippen molar-refractivity contribution in [2.24, 2.45) is 0 Å². The molecule has 0 unspecified atom stereocenters. The number of aryl methyl sites for hydroxylation is 2. The number of rotatable bonds is 3. The van der Waals surface area contributed by atoms with Gasteiger partial charge < -0.3 is 14.4 Å². The maximum atomic E-state index is 5.56. The number of aromatic nitrogens is 3. The van der Waals surface area contributed by atoms with Crippen molar-refractivity contribution in [2.45, 2.75) is 54.4 Å². The Morgan fingerprint density at radius 2 is 1.81 bits per heavy atom. The molecule has 146 valence electrons. The molecule has 2 aromatic heterocycles. The number of nitrogens with zero attached hydrogens (tertiary/aromatic N) is 4. The second-order valence-corrected chi connectivity index (χ2v) is 5.44. The molecule has 2 aromatic rings. The lowest BCUT2D eigenvalue weighted by molar-refractivity contribution is 0.152. The van der Waals surface area contributed by atoms with Gasteiger partial charge in [-0.15, -0.1) is 0 Å². The molecule has 0 spiro atoms. The van der Waals surface area contributed by atoms with Gasteiger partial charge >= 0.3 is 0 Å². The third-order valence-corrected chi connectivity index (χ3v) is 3.83. The van der Waals surface area contributed by atoms with E-state index in [2.05, 4.69) is 21.8 Å². The molecule has 1 saturated heterocycles. The van der Waals surface area contributed by atoms with Crippen LogP contribution in [0.15, 0.2) is 6.07 Å². The van der Waals surface area contributed by atoms with Crippen LogP contribution in [0.3, 0.4) is 0 Å². The first-order valence-electron chi connectivity index (χ1n) is 9.78. The number of pyridine rings is 1. The van der Waals surface area contributed by atoms with E-state index < -0.39 is 0 Å². The van der Waals surface area contributed by atoms with Crippen LogP contribution < -0.4 is 9.64 Å². The molecule has 0 aromatic carbocycles. The Kier molecular flexibility index (Phi) is 9.88. The molecule has 0 aliphatic carbocycles. The monoisotopic (exact) mass is 362 g/mol. The minimum atomic E-state index is 0.595. The lowest BCUT2D eigenvalue weighted by Crippen LogP contribution is -2.27. The van der Waals surface area contributed by atoms with Crippen LogP contribution >= 0.6 is 0 Å². The van der Waals surface area contributed by atoms with Gasteiger partial charge in [-0.2, -0.15) is 0 Å². The van der Waals surface area contributed by atoms with Crippen molar-refractivity contribution in [1.82, 2.24) is 15.0 Å². The van der Waals surface area contributed by atoms with E-state index in [1.165, 1.54) is 0 Å². The fraction of sp³-hybridized carbons (Fsp3) is 0.650. The molecule has 0 N–H and O–H groups in total. The van der Waals surface area contributed by atoms with Crippen LogP contribution in [0.4, 0.5) is 5.82 Å². The van der Waals surface area contributed by atoms with Crippen LogP contribution in [0.1, 0.15) is 52.6 Å². The number of ether oxygens (including phenoxy) is 2. The molecule has 1 fully saturated rings. The van der Waals surface area contributed by atoms with Gasteiger partial charge in [0.1, 0.15) is 17.0 Å². The normalized spacial score (nSPS) is 13.9. The van der Waals surface area contributed by atoms with Gasteiger partial charge in [-0.1, -0.05) is 34.6 Å². The Bertz CT molecular complexity index is 668. The van der Waals surface area contributed by atoms with E-state index in [0.29, 0.717) is 12.5 Å². The fourth-order valence-electron chi connectivity index (χ4n) is 2.76. The summed E-state index contributed by atoms with van der Waals surface area (Å²) in [6.45, 7) is 15.3. The lowest BCUT2D eigenvalue weighted by atomic mass is 10.2. The minimum absolute atomic E-state index is 0.595. The van der Waals surface area contributed by atoms with E-state index in [9.17, 15) is 0 Å². The van der Waals surface area contributed by atoms with Gasteiger partial charge in [0.25, 0.3) is 0 Å². The Labute approximate surface area is 158 Å². The molecule has 1 aliphatic rings. The topological polar surface area (TPSA) is 60.4 Å². The highest BCUT2D eigenvalue weighted by Gasteiger charge is 2.20. The lowest BCUT2D eigenvalue weighted by Gasteiger charge is -2.23. The van der Waals surface area contributed by atoms with Crippen molar-refractivity contribution in [3.63, 3.8) is 0 Å². The zero-order chi connectivity index (χ0) is 19.5. The molecule has 0 bridgehead atoms. The van der Waals surface area contributed by atoms with Crippen LogP contribution in [0.25, 0.3) is 10.9 Å². The zero-order valence-electron chi connectivity index (χ0n) is 17.4. The van der Waals surface area contributed by atoms with Crippen molar-refractivity contribution >= 4 is 16.7 Å². The number of hydrogen-bond acceptors (Lipinski definition) is 6. The molecular weight excluding hydrogens is 328 g/mol. The average molecular weight is 363 g/mol. The highest BCUT2D eigenvalue weighted by Crippen LogP contribution is 2.32. The predicted molar refractivity (Wildman–Crippen MR) is 108 cm³/mol. The third kappa shape index (κ3) is 5.27. The molecule has 0 atom stereocenters. The van der Waals surface area contributed by atoms with Crippen LogP contribution in [0.2, 0.25) is 0 Å². The van der Waals surface area contributed by atoms with E-state index in [-0.39, 0.29) is 0 Å². The van der Waals surface area contributed by atoms with Gasteiger partial charge in [-0.05, 0) is 19.4 Å². The molecule has 0 radical (unpaired) electrons. The first kappa shape index (κ1) is 22.1. The highest BCUT2D eigenvalue weighted by molar-refractivity contribution is 5.94. The van der Waals surface area contributed by atoms with Gasteiger partial charge in [0, 0.05) is 31.8 Å². The molecule has 3 heterocycles. The summed E-state index contributed by atoms with van der Waals surface area (Å²) in [5.74, 6) is 2.36. The van der Waals surface area contributed by atoms with E-state index in [4.69, 9.17) is 14.5 Å². The van der Waals surface area contributed by atoms with Gasteiger partial charge in [-0.3, -0.25) is 0 Å². The summed E-state index contributed by atoms with van der Waals surface area (Å²) >= 11 is 0. The smallest absolute Gasteiger partial charge is 0.226 e. The molecule has 26 heavy (non-hydrogen) atoms. The van der Waals surface area contributed by atoms with E-state index in [1.807, 2.05) is 40.7 Å². The van der Waals surface area contributed by atoms with Gasteiger partial charge in [-0.25, -0.2) is 15.0 Å². The molecule has 0 saturated carbocycles. The first-order valence-corrected chi connectivity index (χ1v) is 9.78. The first-order chi connectivity index (χ1) is 12.7. The van der Waals surface area contributed by atoms with Crippen molar-refractivity contribution < 1.29 is 9.47 Å². The van der Waals surface area contributed by atoms with Gasteiger partial charge in [0.05, 0.1) is 19.2 Å². The summed E-state index contributed by atoms with van der Waals surface area (Å²) in [5.41, 5.74) is 1.80. The Hall–Kier alpha value is -1.95. The average Bonchev–Trinajstić information content (AvgIpc) is 2.98. The molecule has 6 nitrogen and oxygen atoms in total. The predicted octanol–water partition coefficient (Wildman–Crippen LogP) is 4.18. The van der Waals surface area contributed by atoms with Crippen LogP contribution in [0, 0.1) is 6.92 Å². The fourth-order valence-corrected chi connectivity index (χ4v) is 2.76. The van der Waals surface area contributed by atoms with E-state index >= 15 is 0 Å². The molecule has 3 rings (SSSR count). The summed E-state index contributed by atoms with van der Waals surface area (Å²) in [7, 11) is 1.64. The third-order valence-electron chi connectivity index (χ3n) is 3.83. The highest BCUT2D eigenvalue weighted by atomic mass is 16.5. The minimum Gasteiger partial charge on any atom is -0.480 e. The maximum Gasteiger partial charge on any atom is 0.226 e. The SMILES string of the molecule is CC.CC.CCc1nc(N2CCCOCC2)c2c(OC)nc(C)cc2n1. The quantitative estimate of drug-likeness (QED) is 0.816. The van der Waals surface area contributed by atoms with E-state index in [0.717, 1.165) is 60.8 Å². The van der Waals surface area contributed by atoms with Gasteiger partial charge in [0.15, 0.2) is 0 Å². The molecule has 6 heteroatoms. The summed E-state index contributed by atoms with van der Waals surface area (Å²) in [4.78, 5) is 16.2. The van der Waals surface area contributed by atoms with Gasteiger partial charge in [0.2, 0.25) is 5.88 Å². The summed E-state index contributed by atoms with van der Waals surface area (Å²) in [6.07, 6.45) is 1.80.